The van der Waals surface area contributed by atoms with Crippen molar-refractivity contribution in [3.8, 4) is 0 Å². The van der Waals surface area contributed by atoms with Crippen LogP contribution < -0.4 is 0 Å². The second kappa shape index (κ2) is 43.7. The Morgan fingerprint density at radius 3 is 1.42 bits per heavy atom. The Balaban J connectivity index is 4.34. The first kappa shape index (κ1) is 56.7. The number of phosphoric ester groups is 1. The predicted octanol–water partition coefficient (Wildman–Crippen LogP) is 12.7. The highest BCUT2D eigenvalue weighted by atomic mass is 31.2. The fourth-order valence-corrected chi connectivity index (χ4v) is 6.83. The molecule has 0 amide bonds. The number of hydrogen-bond donors (Lipinski definition) is 3. The first-order valence-corrected chi connectivity index (χ1v) is 24.7. The Labute approximate surface area is 359 Å². The molecule has 0 aliphatic heterocycles. The molecule has 0 aromatic carbocycles. The summed E-state index contributed by atoms with van der Waals surface area (Å²) in [5.41, 5.74) is 0. The molecule has 0 saturated carbocycles. The molecule has 3 N–H and O–H groups in total. The molecule has 59 heavy (non-hydrogen) atoms. The number of carbonyl (C=O) groups is 2. The van der Waals surface area contributed by atoms with Crippen LogP contribution in [0.4, 0.5) is 0 Å². The summed E-state index contributed by atoms with van der Waals surface area (Å²) in [5, 5.41) is 18.4. The first-order valence-electron chi connectivity index (χ1n) is 23.2. The number of rotatable bonds is 43. The van der Waals surface area contributed by atoms with Gasteiger partial charge in [-0.05, 0) is 77.0 Å². The van der Waals surface area contributed by atoms with Crippen LogP contribution in [0.2, 0.25) is 0 Å². The number of aliphatic hydroxyl groups is 2. The average molecular weight is 853 g/mol. The van der Waals surface area contributed by atoms with Crippen LogP contribution in [-0.2, 0) is 32.7 Å². The second-order valence-corrected chi connectivity index (χ2v) is 16.9. The van der Waals surface area contributed by atoms with Gasteiger partial charge in [0, 0.05) is 12.8 Å². The first-order chi connectivity index (χ1) is 28.7. The van der Waals surface area contributed by atoms with Crippen molar-refractivity contribution in [1.29, 1.82) is 0 Å². The zero-order valence-electron chi connectivity index (χ0n) is 37.2. The van der Waals surface area contributed by atoms with Crippen LogP contribution in [-0.4, -0.2) is 65.7 Å². The molecular weight excluding hydrogens is 767 g/mol. The van der Waals surface area contributed by atoms with Gasteiger partial charge in [0.2, 0.25) is 0 Å². The van der Waals surface area contributed by atoms with Crippen LogP contribution in [0.3, 0.4) is 0 Å². The summed E-state index contributed by atoms with van der Waals surface area (Å²) < 4.78 is 32.7. The number of ether oxygens (including phenoxy) is 2. The highest BCUT2D eigenvalue weighted by Crippen LogP contribution is 2.43. The van der Waals surface area contributed by atoms with Gasteiger partial charge in [-0.1, -0.05) is 164 Å². The van der Waals surface area contributed by atoms with Crippen molar-refractivity contribution in [2.24, 2.45) is 0 Å². The lowest BCUT2D eigenvalue weighted by Gasteiger charge is -2.20. The number of phosphoric acid groups is 1. The Morgan fingerprint density at radius 2 is 0.898 bits per heavy atom. The quantitative estimate of drug-likeness (QED) is 0.0234. The van der Waals surface area contributed by atoms with Crippen molar-refractivity contribution in [3.63, 3.8) is 0 Å². The second-order valence-electron chi connectivity index (χ2n) is 15.4. The lowest BCUT2D eigenvalue weighted by molar-refractivity contribution is -0.161. The number of allylic oxidation sites excluding steroid dienone is 10. The summed E-state index contributed by atoms with van der Waals surface area (Å²) in [6.45, 7) is 2.29. The van der Waals surface area contributed by atoms with Crippen LogP contribution in [0.5, 0.6) is 0 Å². The summed E-state index contributed by atoms with van der Waals surface area (Å²) in [4.78, 5) is 35.0. The van der Waals surface area contributed by atoms with Crippen molar-refractivity contribution in [2.75, 3.05) is 26.4 Å². The van der Waals surface area contributed by atoms with Crippen LogP contribution in [0, 0.1) is 0 Å². The van der Waals surface area contributed by atoms with Crippen LogP contribution in [0.1, 0.15) is 194 Å². The van der Waals surface area contributed by atoms with Gasteiger partial charge in [0.05, 0.1) is 19.8 Å². The third-order valence-electron chi connectivity index (χ3n) is 9.64. The maximum absolute atomic E-state index is 12.6. The molecule has 0 aromatic rings. The standard InChI is InChI=1S/C48H85O10P/c1-3-5-7-9-11-13-15-17-19-21-22-24-26-28-30-32-34-36-38-40-48(52)58-46(44-57-59(53,54)56-42-45(50)41-49)43-55-47(51)39-37-35-33-31-29-27-25-23-20-18-16-14-12-10-8-6-4-2/h12,14,17-20,25,27,31,33,45-46,49-50H,3-11,13,15-16,21-24,26,28-30,32,34-44H2,1-2H3,(H,53,54)/b14-12+,19-17+,20-18+,27-25+,33-31+/t45-,46+/m0/s1. The molecule has 10 nitrogen and oxygen atoms in total. The van der Waals surface area contributed by atoms with Crippen LogP contribution >= 0.6 is 7.82 Å². The number of carbonyl (C=O) groups excluding carboxylic acids is 2. The minimum Gasteiger partial charge on any atom is -0.462 e. The number of hydrogen-bond acceptors (Lipinski definition) is 9. The van der Waals surface area contributed by atoms with Gasteiger partial charge in [0.15, 0.2) is 6.10 Å². The molecule has 0 radical (unpaired) electrons. The Kier molecular flexibility index (Phi) is 42.0. The summed E-state index contributed by atoms with van der Waals surface area (Å²) >= 11 is 0. The van der Waals surface area contributed by atoms with Gasteiger partial charge in [0.25, 0.3) is 0 Å². The topological polar surface area (TPSA) is 149 Å². The molecule has 0 rings (SSSR count). The van der Waals surface area contributed by atoms with E-state index in [0.29, 0.717) is 19.3 Å². The van der Waals surface area contributed by atoms with E-state index < -0.39 is 51.8 Å². The summed E-state index contributed by atoms with van der Waals surface area (Å²) in [6, 6.07) is 0. The fraction of sp³-hybridized carbons (Fsp3) is 0.750. The Hall–Kier alpha value is -2.33. The molecule has 0 aliphatic rings. The van der Waals surface area contributed by atoms with E-state index in [0.717, 1.165) is 44.9 Å². The average Bonchev–Trinajstić information content (AvgIpc) is 3.22. The third kappa shape index (κ3) is 43.6. The SMILES string of the molecule is CCCCC/C=C/C/C=C/C/C=C/C/C=C/CCCC(=O)OC[C@H](COP(=O)(O)OC[C@@H](O)CO)OC(=O)CCCCCCCCCCC/C=C/CCCCCCCC. The van der Waals surface area contributed by atoms with E-state index in [-0.39, 0.29) is 19.4 Å². The van der Waals surface area contributed by atoms with Gasteiger partial charge in [-0.25, -0.2) is 4.57 Å². The highest BCUT2D eigenvalue weighted by Gasteiger charge is 2.27. The van der Waals surface area contributed by atoms with E-state index >= 15 is 0 Å². The summed E-state index contributed by atoms with van der Waals surface area (Å²) in [7, 11) is -4.63. The molecule has 0 heterocycles. The molecule has 0 spiro atoms. The lowest BCUT2D eigenvalue weighted by atomic mass is 10.1. The maximum atomic E-state index is 12.6. The van der Waals surface area contributed by atoms with Gasteiger partial charge in [-0.3, -0.25) is 18.6 Å². The minimum atomic E-state index is -4.63. The molecular formula is C48H85O10P. The summed E-state index contributed by atoms with van der Waals surface area (Å²) in [5.74, 6) is -0.993. The number of aliphatic hydroxyl groups excluding tert-OH is 2. The van der Waals surface area contributed by atoms with Crippen molar-refractivity contribution in [3.05, 3.63) is 60.8 Å². The molecule has 0 aromatic heterocycles. The van der Waals surface area contributed by atoms with E-state index in [4.69, 9.17) is 23.6 Å². The van der Waals surface area contributed by atoms with E-state index in [1.165, 1.54) is 103 Å². The van der Waals surface area contributed by atoms with Crippen LogP contribution in [0.15, 0.2) is 60.8 Å². The smallest absolute Gasteiger partial charge is 0.462 e. The molecule has 0 saturated heterocycles. The lowest BCUT2D eigenvalue weighted by Crippen LogP contribution is -2.29. The van der Waals surface area contributed by atoms with E-state index in [9.17, 15) is 24.2 Å². The third-order valence-corrected chi connectivity index (χ3v) is 10.6. The summed E-state index contributed by atoms with van der Waals surface area (Å²) in [6.07, 6.45) is 49.0. The highest BCUT2D eigenvalue weighted by molar-refractivity contribution is 7.47. The molecule has 11 heteroatoms. The zero-order chi connectivity index (χ0) is 43.3. The van der Waals surface area contributed by atoms with Crippen molar-refractivity contribution in [1.82, 2.24) is 0 Å². The zero-order valence-corrected chi connectivity index (χ0v) is 38.1. The van der Waals surface area contributed by atoms with Gasteiger partial charge < -0.3 is 24.6 Å². The number of esters is 2. The van der Waals surface area contributed by atoms with Gasteiger partial charge >= 0.3 is 19.8 Å². The van der Waals surface area contributed by atoms with E-state index in [2.05, 4.69) is 68.5 Å². The maximum Gasteiger partial charge on any atom is 0.472 e. The molecule has 0 fully saturated rings. The molecule has 0 aliphatic carbocycles. The molecule has 3 atom stereocenters. The van der Waals surface area contributed by atoms with Gasteiger partial charge in [0.1, 0.15) is 12.7 Å². The van der Waals surface area contributed by atoms with Crippen molar-refractivity contribution >= 4 is 19.8 Å². The molecule has 342 valence electrons. The Morgan fingerprint density at radius 1 is 0.508 bits per heavy atom. The molecule has 0 bridgehead atoms. The normalized spacial score (nSPS) is 14.3. The van der Waals surface area contributed by atoms with Gasteiger partial charge in [-0.15, -0.1) is 0 Å². The molecule has 1 unspecified atom stereocenters. The van der Waals surface area contributed by atoms with Crippen molar-refractivity contribution < 1.29 is 47.8 Å². The largest absolute Gasteiger partial charge is 0.472 e. The van der Waals surface area contributed by atoms with Gasteiger partial charge in [-0.2, -0.15) is 0 Å². The predicted molar refractivity (Wildman–Crippen MR) is 242 cm³/mol. The van der Waals surface area contributed by atoms with E-state index in [1.807, 2.05) is 6.08 Å². The fourth-order valence-electron chi connectivity index (χ4n) is 6.04. The van der Waals surface area contributed by atoms with Crippen molar-refractivity contribution in [2.45, 2.75) is 206 Å². The van der Waals surface area contributed by atoms with Crippen LogP contribution in [0.25, 0.3) is 0 Å². The van der Waals surface area contributed by atoms with E-state index in [1.54, 1.807) is 0 Å². The number of unbranched alkanes of at least 4 members (excludes halogenated alkanes) is 19. The minimum absolute atomic E-state index is 0.164. The Bertz CT molecular complexity index is 1160. The monoisotopic (exact) mass is 853 g/mol.